The van der Waals surface area contributed by atoms with E-state index in [2.05, 4.69) is 5.32 Å². The van der Waals surface area contributed by atoms with Crippen LogP contribution in [0.25, 0.3) is 0 Å². The van der Waals surface area contributed by atoms with Gasteiger partial charge in [-0.25, -0.2) is 13.2 Å². The SMILES string of the molecule is O=C(O)NCCC(=O)c1cccc(S(=O)(=O)CC2CCS(O)(O)CC2)c1. The molecule has 1 heterocycles. The van der Waals surface area contributed by atoms with E-state index in [0.29, 0.717) is 12.8 Å². The van der Waals surface area contributed by atoms with Crippen molar-refractivity contribution < 1.29 is 32.2 Å². The average Bonchev–Trinajstić information content (AvgIpc) is 2.56. The van der Waals surface area contributed by atoms with Crippen LogP contribution in [0.4, 0.5) is 4.79 Å². The van der Waals surface area contributed by atoms with Crippen LogP contribution < -0.4 is 5.32 Å². The Morgan fingerprint density at radius 2 is 1.85 bits per heavy atom. The van der Waals surface area contributed by atoms with Crippen molar-refractivity contribution in [1.82, 2.24) is 5.32 Å². The van der Waals surface area contributed by atoms with Gasteiger partial charge in [0.1, 0.15) is 0 Å². The maximum atomic E-state index is 12.6. The van der Waals surface area contributed by atoms with Crippen LogP contribution in [0.3, 0.4) is 0 Å². The molecular weight excluding hydrogens is 382 g/mol. The van der Waals surface area contributed by atoms with Gasteiger partial charge in [0.05, 0.1) is 10.6 Å². The molecule has 0 spiro atoms. The van der Waals surface area contributed by atoms with Crippen LogP contribution in [0.2, 0.25) is 0 Å². The molecule has 1 amide bonds. The number of sulfone groups is 1. The Kier molecular flexibility index (Phi) is 6.67. The summed E-state index contributed by atoms with van der Waals surface area (Å²) in [6.45, 7) is -0.0420. The molecule has 0 radical (unpaired) electrons. The standard InChI is InChI=1S/C16H23NO7S2/c18-15(4-7-17-16(19)20)13-2-1-3-14(10-13)26(23,24)11-12-5-8-25(21,22)9-6-12/h1-3,10,12,17,21-22H,4-9,11H2,(H,19,20). The minimum Gasteiger partial charge on any atom is -0.465 e. The van der Waals surface area contributed by atoms with Crippen molar-refractivity contribution in [2.24, 2.45) is 5.92 Å². The summed E-state index contributed by atoms with van der Waals surface area (Å²) in [5.41, 5.74) is 0.219. The summed E-state index contributed by atoms with van der Waals surface area (Å²) >= 11 is 0. The summed E-state index contributed by atoms with van der Waals surface area (Å²) in [5, 5.41) is 10.6. The van der Waals surface area contributed by atoms with E-state index >= 15 is 0 Å². The molecule has 0 aliphatic carbocycles. The van der Waals surface area contributed by atoms with Gasteiger partial charge < -0.3 is 10.4 Å². The second kappa shape index (κ2) is 8.38. The van der Waals surface area contributed by atoms with Crippen molar-refractivity contribution in [3.8, 4) is 0 Å². The van der Waals surface area contributed by atoms with Gasteiger partial charge >= 0.3 is 6.09 Å². The lowest BCUT2D eigenvalue weighted by Crippen LogP contribution is -2.26. The molecule has 4 N–H and O–H groups in total. The zero-order chi connectivity index (χ0) is 19.4. The van der Waals surface area contributed by atoms with Crippen molar-refractivity contribution in [3.05, 3.63) is 29.8 Å². The fourth-order valence-electron chi connectivity index (χ4n) is 2.82. The van der Waals surface area contributed by atoms with Gasteiger partial charge in [-0.1, -0.05) is 12.1 Å². The molecule has 0 unspecified atom stereocenters. The van der Waals surface area contributed by atoms with E-state index in [9.17, 15) is 27.1 Å². The number of carbonyl (C=O) groups is 2. The van der Waals surface area contributed by atoms with Gasteiger partial charge in [0.2, 0.25) is 0 Å². The Morgan fingerprint density at radius 1 is 1.19 bits per heavy atom. The maximum Gasteiger partial charge on any atom is 0.404 e. The van der Waals surface area contributed by atoms with E-state index in [4.69, 9.17) is 5.11 Å². The van der Waals surface area contributed by atoms with Gasteiger partial charge in [0.25, 0.3) is 0 Å². The first-order valence-corrected chi connectivity index (χ1v) is 11.7. The molecule has 0 bridgehead atoms. The Balaban J connectivity index is 2.03. The smallest absolute Gasteiger partial charge is 0.404 e. The number of hydrogen-bond donors (Lipinski definition) is 4. The van der Waals surface area contributed by atoms with Crippen molar-refractivity contribution in [2.75, 3.05) is 23.8 Å². The first-order chi connectivity index (χ1) is 12.1. The van der Waals surface area contributed by atoms with Gasteiger partial charge in [-0.15, -0.1) is 0 Å². The van der Waals surface area contributed by atoms with Crippen molar-refractivity contribution in [3.63, 3.8) is 0 Å². The summed E-state index contributed by atoms with van der Waals surface area (Å²) in [6, 6.07) is 5.73. The maximum absolute atomic E-state index is 12.6. The van der Waals surface area contributed by atoms with Crippen LogP contribution in [0.5, 0.6) is 0 Å². The van der Waals surface area contributed by atoms with E-state index in [1.54, 1.807) is 0 Å². The van der Waals surface area contributed by atoms with E-state index in [1.807, 2.05) is 0 Å². The number of amides is 1. The molecule has 0 aromatic heterocycles. The van der Waals surface area contributed by atoms with Gasteiger partial charge in [0, 0.05) is 30.0 Å². The Morgan fingerprint density at radius 3 is 2.46 bits per heavy atom. The third-order valence-corrected chi connectivity index (χ3v) is 7.97. The van der Waals surface area contributed by atoms with E-state index in [-0.39, 0.29) is 52.4 Å². The fourth-order valence-corrected chi connectivity index (χ4v) is 6.19. The topological polar surface area (TPSA) is 141 Å². The van der Waals surface area contributed by atoms with Crippen LogP contribution in [-0.2, 0) is 9.84 Å². The quantitative estimate of drug-likeness (QED) is 0.511. The first kappa shape index (κ1) is 20.7. The molecule has 1 fully saturated rings. The molecule has 1 aromatic rings. The number of Topliss-reactive ketones (excluding diaryl/α,β-unsaturated/α-hetero) is 1. The molecular formula is C16H23NO7S2. The Bertz CT molecular complexity index is 767. The second-order valence-corrected chi connectivity index (χ2v) is 10.8. The fraction of sp³-hybridized carbons (Fsp3) is 0.500. The summed E-state index contributed by atoms with van der Waals surface area (Å²) in [7, 11) is -6.16. The van der Waals surface area contributed by atoms with Crippen LogP contribution in [0.15, 0.2) is 29.2 Å². The normalized spacial score (nSPS) is 18.8. The van der Waals surface area contributed by atoms with E-state index in [0.717, 1.165) is 0 Å². The summed E-state index contributed by atoms with van der Waals surface area (Å²) < 4.78 is 44.5. The van der Waals surface area contributed by atoms with Gasteiger partial charge in [-0.05, 0) is 30.9 Å². The minimum atomic E-state index is -3.60. The zero-order valence-corrected chi connectivity index (χ0v) is 15.8. The van der Waals surface area contributed by atoms with E-state index < -0.39 is 26.5 Å². The highest BCUT2D eigenvalue weighted by Crippen LogP contribution is 2.46. The summed E-state index contributed by atoms with van der Waals surface area (Å²) in [4.78, 5) is 22.5. The molecule has 10 heteroatoms. The first-order valence-electron chi connectivity index (χ1n) is 8.15. The molecule has 0 saturated carbocycles. The van der Waals surface area contributed by atoms with Crippen LogP contribution in [0, 0.1) is 5.92 Å². The number of hydrogen-bond acceptors (Lipinski definition) is 6. The highest BCUT2D eigenvalue weighted by atomic mass is 32.3. The number of ketones is 1. The molecule has 8 nitrogen and oxygen atoms in total. The Hall–Kier alpha value is -1.62. The summed E-state index contributed by atoms with van der Waals surface area (Å²) in [5.74, 6) is -0.132. The van der Waals surface area contributed by atoms with Crippen LogP contribution >= 0.6 is 10.6 Å². The van der Waals surface area contributed by atoms with Crippen molar-refractivity contribution >= 4 is 32.3 Å². The molecule has 146 valence electrons. The number of rotatable bonds is 7. The molecule has 1 aliphatic heterocycles. The second-order valence-electron chi connectivity index (χ2n) is 6.37. The molecule has 1 aliphatic rings. The molecule has 1 aromatic carbocycles. The monoisotopic (exact) mass is 405 g/mol. The highest BCUT2D eigenvalue weighted by molar-refractivity contribution is 8.24. The van der Waals surface area contributed by atoms with Gasteiger partial charge in [-0.3, -0.25) is 13.9 Å². The van der Waals surface area contributed by atoms with Crippen LogP contribution in [-0.4, -0.2) is 58.3 Å². The number of carboxylic acid groups (broad SMARTS) is 1. The zero-order valence-electron chi connectivity index (χ0n) is 14.1. The third kappa shape index (κ3) is 5.97. The van der Waals surface area contributed by atoms with E-state index in [1.165, 1.54) is 24.3 Å². The van der Waals surface area contributed by atoms with Crippen molar-refractivity contribution in [1.29, 1.82) is 0 Å². The lowest BCUT2D eigenvalue weighted by molar-refractivity contribution is 0.0982. The van der Waals surface area contributed by atoms with Crippen LogP contribution in [0.1, 0.15) is 29.6 Å². The van der Waals surface area contributed by atoms with Crippen molar-refractivity contribution in [2.45, 2.75) is 24.2 Å². The number of carbonyl (C=O) groups excluding carboxylic acids is 1. The Labute approximate surface area is 153 Å². The lowest BCUT2D eigenvalue weighted by atomic mass is 10.1. The predicted octanol–water partition coefficient (Wildman–Crippen LogP) is 2.46. The lowest BCUT2D eigenvalue weighted by Gasteiger charge is -2.39. The number of nitrogens with one attached hydrogen (secondary N) is 1. The number of benzene rings is 1. The van der Waals surface area contributed by atoms with Gasteiger partial charge in [0.15, 0.2) is 15.6 Å². The summed E-state index contributed by atoms with van der Waals surface area (Å²) in [6.07, 6.45) is -0.392. The third-order valence-electron chi connectivity index (χ3n) is 4.30. The van der Waals surface area contributed by atoms with Gasteiger partial charge in [-0.2, -0.15) is 10.6 Å². The minimum absolute atomic E-state index is 0.0420. The molecule has 2 rings (SSSR count). The molecule has 0 atom stereocenters. The highest BCUT2D eigenvalue weighted by Gasteiger charge is 2.28. The predicted molar refractivity (Wildman–Crippen MR) is 98.8 cm³/mol. The average molecular weight is 405 g/mol. The largest absolute Gasteiger partial charge is 0.465 e. The molecule has 1 saturated heterocycles. The molecule has 26 heavy (non-hydrogen) atoms.